The molecule has 0 radical (unpaired) electrons. The van der Waals surface area contributed by atoms with E-state index in [0.717, 1.165) is 5.56 Å². The molecule has 0 unspecified atom stereocenters. The number of sulfonamides is 1. The van der Waals surface area contributed by atoms with Crippen LogP contribution in [0.25, 0.3) is 0 Å². The highest BCUT2D eigenvalue weighted by molar-refractivity contribution is 7.89. The fraction of sp³-hybridized carbons (Fsp3) is 0.350. The van der Waals surface area contributed by atoms with Gasteiger partial charge in [-0.05, 0) is 43.2 Å². The average Bonchev–Trinajstić information content (AvgIpc) is 2.66. The van der Waals surface area contributed by atoms with Gasteiger partial charge in [0, 0.05) is 5.02 Å². The van der Waals surface area contributed by atoms with Crippen LogP contribution in [0.2, 0.25) is 5.02 Å². The van der Waals surface area contributed by atoms with Gasteiger partial charge in [0.2, 0.25) is 15.9 Å². The zero-order valence-corrected chi connectivity index (χ0v) is 17.9. The monoisotopic (exact) mass is 424 g/mol. The van der Waals surface area contributed by atoms with E-state index in [2.05, 4.69) is 10.0 Å². The largest absolute Gasteiger partial charge is 0.495 e. The van der Waals surface area contributed by atoms with Crippen LogP contribution in [0.3, 0.4) is 0 Å². The predicted octanol–water partition coefficient (Wildman–Crippen LogP) is 3.99. The third kappa shape index (κ3) is 5.47. The molecule has 0 aliphatic rings. The minimum absolute atomic E-state index is 0.111. The molecule has 152 valence electrons. The lowest BCUT2D eigenvalue weighted by Crippen LogP contribution is -2.47. The predicted molar refractivity (Wildman–Crippen MR) is 111 cm³/mol. The molecule has 2 aromatic carbocycles. The smallest absolute Gasteiger partial charge is 0.242 e. The number of halogens is 1. The first-order valence-electron chi connectivity index (χ1n) is 8.91. The Morgan fingerprint density at radius 2 is 1.82 bits per heavy atom. The molecule has 6 nitrogen and oxygen atoms in total. The Hall–Kier alpha value is -2.09. The number of anilines is 1. The van der Waals surface area contributed by atoms with Crippen LogP contribution in [0.15, 0.2) is 47.4 Å². The number of amides is 1. The maximum Gasteiger partial charge on any atom is 0.242 e. The Morgan fingerprint density at radius 1 is 1.18 bits per heavy atom. The van der Waals surface area contributed by atoms with Crippen molar-refractivity contribution in [3.63, 3.8) is 0 Å². The van der Waals surface area contributed by atoms with E-state index in [-0.39, 0.29) is 10.8 Å². The van der Waals surface area contributed by atoms with Crippen molar-refractivity contribution in [1.82, 2.24) is 4.72 Å². The maximum atomic E-state index is 12.9. The van der Waals surface area contributed by atoms with Gasteiger partial charge < -0.3 is 10.1 Å². The van der Waals surface area contributed by atoms with Crippen molar-refractivity contribution in [3.8, 4) is 5.75 Å². The summed E-state index contributed by atoms with van der Waals surface area (Å²) in [6, 6.07) is 10.3. The maximum absolute atomic E-state index is 12.9. The second-order valence-electron chi connectivity index (χ2n) is 6.63. The first-order valence-corrected chi connectivity index (χ1v) is 10.8. The van der Waals surface area contributed by atoms with Gasteiger partial charge in [0.05, 0.1) is 17.7 Å². The summed E-state index contributed by atoms with van der Waals surface area (Å²) in [6.45, 7) is 5.58. The van der Waals surface area contributed by atoms with E-state index in [4.69, 9.17) is 16.3 Å². The second kappa shape index (κ2) is 9.41. The van der Waals surface area contributed by atoms with E-state index in [1.807, 2.05) is 20.8 Å². The van der Waals surface area contributed by atoms with Crippen LogP contribution >= 0.6 is 11.6 Å². The van der Waals surface area contributed by atoms with Crippen molar-refractivity contribution in [2.75, 3.05) is 12.4 Å². The molecule has 0 saturated carbocycles. The first kappa shape index (κ1) is 22.2. The van der Waals surface area contributed by atoms with Crippen LogP contribution in [0.4, 0.5) is 5.69 Å². The molecule has 0 saturated heterocycles. The van der Waals surface area contributed by atoms with Gasteiger partial charge in [-0.25, -0.2) is 8.42 Å². The van der Waals surface area contributed by atoms with Crippen LogP contribution in [0.1, 0.15) is 25.8 Å². The van der Waals surface area contributed by atoms with Crippen molar-refractivity contribution in [2.45, 2.75) is 38.1 Å². The summed E-state index contributed by atoms with van der Waals surface area (Å²) in [5.41, 5.74) is 1.33. The number of nitrogens with one attached hydrogen (secondary N) is 2. The quantitative estimate of drug-likeness (QED) is 0.671. The SMILES string of the molecule is CC[C@H](C)[C@@H](NS(=O)(=O)c1ccc(C)cc1)C(=O)Nc1cc(Cl)ccc1OC. The molecule has 0 heterocycles. The van der Waals surface area contributed by atoms with Gasteiger partial charge in [-0.1, -0.05) is 49.6 Å². The van der Waals surface area contributed by atoms with E-state index in [0.29, 0.717) is 22.9 Å². The van der Waals surface area contributed by atoms with E-state index < -0.39 is 22.0 Å². The fourth-order valence-electron chi connectivity index (χ4n) is 2.60. The first-order chi connectivity index (χ1) is 13.2. The molecule has 2 N–H and O–H groups in total. The average molecular weight is 425 g/mol. The normalized spacial score (nSPS) is 13.6. The van der Waals surface area contributed by atoms with Crippen molar-refractivity contribution in [2.24, 2.45) is 5.92 Å². The summed E-state index contributed by atoms with van der Waals surface area (Å²) in [5.74, 6) is -0.280. The molecule has 2 rings (SSSR count). The van der Waals surface area contributed by atoms with Gasteiger partial charge in [0.1, 0.15) is 11.8 Å². The Balaban J connectivity index is 2.29. The zero-order valence-electron chi connectivity index (χ0n) is 16.3. The molecule has 1 amide bonds. The third-order valence-electron chi connectivity index (χ3n) is 4.53. The van der Waals surface area contributed by atoms with Gasteiger partial charge in [-0.3, -0.25) is 4.79 Å². The minimum Gasteiger partial charge on any atom is -0.495 e. The zero-order chi connectivity index (χ0) is 20.9. The number of aryl methyl sites for hydroxylation is 1. The Morgan fingerprint density at radius 3 is 2.39 bits per heavy atom. The van der Waals surface area contributed by atoms with Crippen LogP contribution in [-0.4, -0.2) is 27.5 Å². The van der Waals surface area contributed by atoms with Gasteiger partial charge in [0.15, 0.2) is 0 Å². The summed E-state index contributed by atoms with van der Waals surface area (Å²) in [5, 5.41) is 3.15. The van der Waals surface area contributed by atoms with Gasteiger partial charge in [0.25, 0.3) is 0 Å². The van der Waals surface area contributed by atoms with Crippen LogP contribution in [-0.2, 0) is 14.8 Å². The number of ether oxygens (including phenoxy) is 1. The van der Waals surface area contributed by atoms with Crippen molar-refractivity contribution in [1.29, 1.82) is 0 Å². The van der Waals surface area contributed by atoms with Gasteiger partial charge in [-0.15, -0.1) is 0 Å². The van der Waals surface area contributed by atoms with Crippen LogP contribution < -0.4 is 14.8 Å². The number of benzene rings is 2. The highest BCUT2D eigenvalue weighted by Gasteiger charge is 2.30. The topological polar surface area (TPSA) is 84.5 Å². The van der Waals surface area contributed by atoms with Crippen LogP contribution in [0.5, 0.6) is 5.75 Å². The molecule has 28 heavy (non-hydrogen) atoms. The number of carbonyl (C=O) groups excluding carboxylic acids is 1. The van der Waals surface area contributed by atoms with Gasteiger partial charge in [-0.2, -0.15) is 4.72 Å². The van der Waals surface area contributed by atoms with E-state index in [1.54, 1.807) is 30.3 Å². The lowest BCUT2D eigenvalue weighted by Gasteiger charge is -2.24. The highest BCUT2D eigenvalue weighted by Crippen LogP contribution is 2.28. The third-order valence-corrected chi connectivity index (χ3v) is 6.22. The summed E-state index contributed by atoms with van der Waals surface area (Å²) in [7, 11) is -2.38. The lowest BCUT2D eigenvalue weighted by molar-refractivity contribution is -0.118. The molecular formula is C20H25ClN2O4S. The molecule has 0 aliphatic heterocycles. The molecule has 8 heteroatoms. The molecule has 0 bridgehead atoms. The van der Waals surface area contributed by atoms with Gasteiger partial charge >= 0.3 is 0 Å². The number of hydrogen-bond acceptors (Lipinski definition) is 4. The van der Waals surface area contributed by atoms with Crippen molar-refractivity contribution < 1.29 is 17.9 Å². The number of carbonyl (C=O) groups is 1. The summed E-state index contributed by atoms with van der Waals surface area (Å²) in [4.78, 5) is 13.0. The fourth-order valence-corrected chi connectivity index (χ4v) is 4.08. The summed E-state index contributed by atoms with van der Waals surface area (Å²) < 4.78 is 33.3. The van der Waals surface area contributed by atoms with E-state index in [9.17, 15) is 13.2 Å². The summed E-state index contributed by atoms with van der Waals surface area (Å²) in [6.07, 6.45) is 0.612. The standard InChI is InChI=1S/C20H25ClN2O4S/c1-5-14(3)19(23-28(25,26)16-9-6-13(2)7-10-16)20(24)22-17-12-15(21)8-11-18(17)27-4/h6-12,14,19,23H,5H2,1-4H3,(H,22,24)/t14-,19+/m0/s1. The molecule has 0 aliphatic carbocycles. The minimum atomic E-state index is -3.86. The lowest BCUT2D eigenvalue weighted by atomic mass is 9.99. The molecule has 0 aromatic heterocycles. The number of hydrogen-bond donors (Lipinski definition) is 2. The molecule has 0 spiro atoms. The molecule has 2 atom stereocenters. The summed E-state index contributed by atoms with van der Waals surface area (Å²) >= 11 is 6.01. The number of methoxy groups -OCH3 is 1. The Bertz CT molecular complexity index is 930. The van der Waals surface area contributed by atoms with Crippen molar-refractivity contribution in [3.05, 3.63) is 53.1 Å². The number of rotatable bonds is 8. The van der Waals surface area contributed by atoms with Crippen molar-refractivity contribution >= 4 is 33.2 Å². The molecule has 0 fully saturated rings. The molecule has 2 aromatic rings. The second-order valence-corrected chi connectivity index (χ2v) is 8.78. The molecular weight excluding hydrogens is 400 g/mol. The highest BCUT2D eigenvalue weighted by atomic mass is 35.5. The Kier molecular flexibility index (Phi) is 7.46. The van der Waals surface area contributed by atoms with E-state index in [1.165, 1.54) is 19.2 Å². The van der Waals surface area contributed by atoms with E-state index >= 15 is 0 Å². The van der Waals surface area contributed by atoms with Crippen LogP contribution in [0, 0.1) is 12.8 Å². The Labute approximate surface area is 171 Å².